The van der Waals surface area contributed by atoms with Crippen LogP contribution in [0.1, 0.15) is 28.9 Å². The van der Waals surface area contributed by atoms with Gasteiger partial charge in [-0.1, -0.05) is 24.3 Å². The van der Waals surface area contributed by atoms with Gasteiger partial charge in [0, 0.05) is 35.3 Å². The van der Waals surface area contributed by atoms with Gasteiger partial charge in [-0.2, -0.15) is 0 Å². The van der Waals surface area contributed by atoms with Gasteiger partial charge in [0.15, 0.2) is 5.13 Å². The average Bonchev–Trinajstić information content (AvgIpc) is 3.47. The molecule has 0 unspecified atom stereocenters. The highest BCUT2D eigenvalue weighted by Crippen LogP contribution is 2.27. The molecule has 150 valence electrons. The van der Waals surface area contributed by atoms with Crippen LogP contribution in [0.15, 0.2) is 60.2 Å². The third kappa shape index (κ3) is 3.94. The van der Waals surface area contributed by atoms with Crippen LogP contribution in [0.3, 0.4) is 0 Å². The van der Waals surface area contributed by atoms with Crippen LogP contribution in [0.2, 0.25) is 0 Å². The van der Waals surface area contributed by atoms with Crippen molar-refractivity contribution < 1.29 is 4.79 Å². The molecule has 1 N–H and O–H groups in total. The number of amides is 1. The van der Waals surface area contributed by atoms with Crippen LogP contribution in [0.5, 0.6) is 0 Å². The number of aromatic nitrogens is 3. The first-order valence-electron chi connectivity index (χ1n) is 10.0. The first-order valence-corrected chi connectivity index (χ1v) is 10.9. The Kier molecular flexibility index (Phi) is 5.21. The minimum absolute atomic E-state index is 0.266. The van der Waals surface area contributed by atoms with Gasteiger partial charge in [-0.25, -0.2) is 9.97 Å². The fourth-order valence-corrected chi connectivity index (χ4v) is 4.37. The zero-order chi connectivity index (χ0) is 20.3. The van der Waals surface area contributed by atoms with Crippen LogP contribution in [0.4, 0.5) is 5.13 Å². The second-order valence-corrected chi connectivity index (χ2v) is 8.29. The van der Waals surface area contributed by atoms with E-state index in [-0.39, 0.29) is 5.91 Å². The van der Waals surface area contributed by atoms with E-state index in [1.807, 2.05) is 35.8 Å². The van der Waals surface area contributed by atoms with Gasteiger partial charge in [-0.15, -0.1) is 11.3 Å². The largest absolute Gasteiger partial charge is 0.299 e. The number of carbonyl (C=O) groups excluding carboxylic acids is 1. The Hall–Kier alpha value is -3.16. The van der Waals surface area contributed by atoms with Gasteiger partial charge < -0.3 is 0 Å². The molecule has 30 heavy (non-hydrogen) atoms. The monoisotopic (exact) mass is 415 g/mol. The molecule has 6 nitrogen and oxygen atoms in total. The van der Waals surface area contributed by atoms with Gasteiger partial charge in [0.1, 0.15) is 5.69 Å². The number of pyridine rings is 2. The van der Waals surface area contributed by atoms with E-state index >= 15 is 0 Å². The van der Waals surface area contributed by atoms with Gasteiger partial charge in [0.25, 0.3) is 5.91 Å². The number of rotatable bonds is 5. The van der Waals surface area contributed by atoms with E-state index in [9.17, 15) is 4.79 Å². The molecule has 7 heteroatoms. The predicted molar refractivity (Wildman–Crippen MR) is 120 cm³/mol. The molecule has 0 spiro atoms. The molecule has 1 aliphatic heterocycles. The maximum absolute atomic E-state index is 12.6. The Balaban J connectivity index is 1.49. The Bertz CT molecular complexity index is 1190. The number of hydrogen-bond donors (Lipinski definition) is 1. The molecule has 3 aromatic heterocycles. The molecule has 0 atom stereocenters. The first-order chi connectivity index (χ1) is 14.8. The number of fused-ring (bicyclic) bond motifs is 1. The molecule has 1 fully saturated rings. The van der Waals surface area contributed by atoms with Crippen LogP contribution >= 0.6 is 11.3 Å². The van der Waals surface area contributed by atoms with E-state index < -0.39 is 0 Å². The number of carbonyl (C=O) groups is 1. The molecule has 0 bridgehead atoms. The van der Waals surface area contributed by atoms with Gasteiger partial charge in [0.05, 0.1) is 11.2 Å². The van der Waals surface area contributed by atoms with E-state index in [2.05, 4.69) is 37.3 Å². The number of likely N-dealkylation sites (tertiary alicyclic amines) is 1. The third-order valence-electron chi connectivity index (χ3n) is 5.31. The van der Waals surface area contributed by atoms with Crippen molar-refractivity contribution in [1.82, 2.24) is 19.9 Å². The fourth-order valence-electron chi connectivity index (χ4n) is 3.85. The smallest absolute Gasteiger partial charge is 0.276 e. The average molecular weight is 416 g/mol. The summed E-state index contributed by atoms with van der Waals surface area (Å²) in [5.74, 6) is -0.266. The predicted octanol–water partition coefficient (Wildman–Crippen LogP) is 4.60. The molecule has 0 radical (unpaired) electrons. The molecule has 5 rings (SSSR count). The van der Waals surface area contributed by atoms with E-state index in [0.717, 1.165) is 41.8 Å². The lowest BCUT2D eigenvalue weighted by atomic mass is 10.0. The molecule has 1 saturated heterocycles. The number of nitrogens with zero attached hydrogens (tertiary/aromatic N) is 4. The maximum Gasteiger partial charge on any atom is 0.276 e. The minimum Gasteiger partial charge on any atom is -0.299 e. The third-order valence-corrected chi connectivity index (χ3v) is 6.00. The lowest BCUT2D eigenvalue weighted by Crippen LogP contribution is -2.18. The summed E-state index contributed by atoms with van der Waals surface area (Å²) < 4.78 is 0. The number of benzene rings is 1. The van der Waals surface area contributed by atoms with Crippen LogP contribution in [-0.2, 0) is 6.54 Å². The Labute approximate surface area is 178 Å². The molecular formula is C23H21N5OS. The molecule has 0 aliphatic carbocycles. The first kappa shape index (κ1) is 18.8. The fraction of sp³-hybridized carbons (Fsp3) is 0.217. The summed E-state index contributed by atoms with van der Waals surface area (Å²) in [6, 6.07) is 13.9. The summed E-state index contributed by atoms with van der Waals surface area (Å²) in [6.45, 7) is 3.26. The normalized spacial score (nSPS) is 14.3. The summed E-state index contributed by atoms with van der Waals surface area (Å²) in [4.78, 5) is 28.5. The highest BCUT2D eigenvalue weighted by Gasteiger charge is 2.15. The Morgan fingerprint density at radius 3 is 2.80 bits per heavy atom. The number of thiazole rings is 1. The van der Waals surface area contributed by atoms with E-state index in [0.29, 0.717) is 10.8 Å². The highest BCUT2D eigenvalue weighted by molar-refractivity contribution is 7.13. The summed E-state index contributed by atoms with van der Waals surface area (Å²) in [5.41, 5.74) is 4.19. The standard InChI is InChI=1S/C23H21N5OS/c29-22(27-23-25-10-13-30-23)19-7-6-17-4-3-5-18(21(17)26-19)20-14-16(8-9-24-20)15-28-11-1-2-12-28/h3-10,13-14H,1-2,11-12,15H2,(H,25,27,29). The summed E-state index contributed by atoms with van der Waals surface area (Å²) >= 11 is 1.38. The highest BCUT2D eigenvalue weighted by atomic mass is 32.1. The van der Waals surface area contributed by atoms with Crippen molar-refractivity contribution in [3.63, 3.8) is 0 Å². The van der Waals surface area contributed by atoms with E-state index in [1.165, 1.54) is 29.7 Å². The zero-order valence-corrected chi connectivity index (χ0v) is 17.2. The topological polar surface area (TPSA) is 71.0 Å². The summed E-state index contributed by atoms with van der Waals surface area (Å²) in [6.07, 6.45) is 6.07. The molecule has 0 saturated carbocycles. The number of anilines is 1. The molecular weight excluding hydrogens is 394 g/mol. The van der Waals surface area contributed by atoms with E-state index in [4.69, 9.17) is 0 Å². The lowest BCUT2D eigenvalue weighted by molar-refractivity contribution is 0.102. The van der Waals surface area contributed by atoms with Crippen LogP contribution in [0.25, 0.3) is 22.2 Å². The minimum atomic E-state index is -0.266. The van der Waals surface area contributed by atoms with Gasteiger partial charge >= 0.3 is 0 Å². The van der Waals surface area contributed by atoms with Gasteiger partial charge in [0.2, 0.25) is 0 Å². The number of para-hydroxylation sites is 1. The summed E-state index contributed by atoms with van der Waals surface area (Å²) in [5, 5.41) is 6.16. The Morgan fingerprint density at radius 1 is 1.07 bits per heavy atom. The van der Waals surface area contributed by atoms with Crippen molar-refractivity contribution in [2.45, 2.75) is 19.4 Å². The number of hydrogen-bond acceptors (Lipinski definition) is 6. The van der Waals surface area contributed by atoms with Crippen LogP contribution in [-0.4, -0.2) is 38.8 Å². The van der Waals surface area contributed by atoms with E-state index in [1.54, 1.807) is 12.3 Å². The molecule has 1 amide bonds. The Morgan fingerprint density at radius 2 is 1.97 bits per heavy atom. The van der Waals surface area contributed by atoms with Gasteiger partial charge in [-0.3, -0.25) is 20.0 Å². The van der Waals surface area contributed by atoms with Crippen molar-refractivity contribution in [2.24, 2.45) is 0 Å². The second kappa shape index (κ2) is 8.30. The molecule has 4 heterocycles. The van der Waals surface area contributed by atoms with Crippen molar-refractivity contribution >= 4 is 33.3 Å². The van der Waals surface area contributed by atoms with Gasteiger partial charge in [-0.05, 0) is 49.7 Å². The number of nitrogens with one attached hydrogen (secondary N) is 1. The molecule has 1 aromatic carbocycles. The molecule has 4 aromatic rings. The second-order valence-electron chi connectivity index (χ2n) is 7.40. The van der Waals surface area contributed by atoms with Crippen molar-refractivity contribution in [3.8, 4) is 11.3 Å². The maximum atomic E-state index is 12.6. The van der Waals surface area contributed by atoms with Crippen molar-refractivity contribution in [2.75, 3.05) is 18.4 Å². The van der Waals surface area contributed by atoms with Crippen LogP contribution in [0, 0.1) is 0 Å². The zero-order valence-electron chi connectivity index (χ0n) is 16.4. The van der Waals surface area contributed by atoms with Crippen molar-refractivity contribution in [1.29, 1.82) is 0 Å². The SMILES string of the molecule is O=C(Nc1nccs1)c1ccc2cccc(-c3cc(CN4CCCC4)ccn3)c2n1. The lowest BCUT2D eigenvalue weighted by Gasteiger charge is -2.15. The quantitative estimate of drug-likeness (QED) is 0.516. The summed E-state index contributed by atoms with van der Waals surface area (Å²) in [7, 11) is 0. The van der Waals surface area contributed by atoms with Crippen LogP contribution < -0.4 is 5.32 Å². The van der Waals surface area contributed by atoms with Crippen molar-refractivity contribution in [3.05, 3.63) is 71.5 Å². The molecule has 1 aliphatic rings.